The number of nitrogens with one attached hydrogen (secondary N) is 1. The largest absolute Gasteiger partial charge is 0.396 e. The standard InChI is InChI=1S/C29H32N6O3/c1-19-23(12-15-36)28(21-8-9-21)33-35(19)18-27(37)32-26(16-20-6-4-3-5-7-20)29(38)34(2)22-10-11-24-25(17-22)31-14-13-30-24/h3-7,10-11,13-14,17,21,26,36H,8-9,12,15-16,18H2,1-2H3,(H,32,37). The third-order valence-electron chi connectivity index (χ3n) is 7.07. The number of nitrogens with zero attached hydrogens (tertiary/aromatic N) is 5. The fourth-order valence-corrected chi connectivity index (χ4v) is 4.81. The number of aliphatic hydroxyl groups is 1. The monoisotopic (exact) mass is 512 g/mol. The Kier molecular flexibility index (Phi) is 7.46. The van der Waals surface area contributed by atoms with Crippen molar-refractivity contribution in [2.75, 3.05) is 18.6 Å². The molecule has 5 rings (SSSR count). The molecular formula is C29H32N6O3. The van der Waals surface area contributed by atoms with Crippen molar-refractivity contribution in [3.63, 3.8) is 0 Å². The SMILES string of the molecule is Cc1c(CCO)c(C2CC2)nn1CC(=O)NC(Cc1ccccc1)C(=O)N(C)c1ccc2nccnc2c1. The number of rotatable bonds is 10. The third-order valence-corrected chi connectivity index (χ3v) is 7.07. The van der Waals surface area contributed by atoms with Gasteiger partial charge in [-0.2, -0.15) is 5.10 Å². The Bertz CT molecular complexity index is 1450. The van der Waals surface area contributed by atoms with E-state index in [4.69, 9.17) is 5.10 Å². The van der Waals surface area contributed by atoms with E-state index in [1.165, 1.54) is 0 Å². The van der Waals surface area contributed by atoms with Gasteiger partial charge >= 0.3 is 0 Å². The maximum absolute atomic E-state index is 13.7. The van der Waals surface area contributed by atoms with Gasteiger partial charge in [0, 0.05) is 49.8 Å². The number of fused-ring (bicyclic) bond motifs is 1. The molecular weight excluding hydrogens is 480 g/mol. The van der Waals surface area contributed by atoms with Crippen LogP contribution in [0.4, 0.5) is 5.69 Å². The number of carbonyl (C=O) groups excluding carboxylic acids is 2. The summed E-state index contributed by atoms with van der Waals surface area (Å²) in [5, 5.41) is 17.2. The molecule has 1 unspecified atom stereocenters. The first-order valence-electron chi connectivity index (χ1n) is 12.9. The molecule has 1 saturated carbocycles. The first kappa shape index (κ1) is 25.5. The normalized spacial score (nSPS) is 13.9. The molecule has 9 heteroatoms. The summed E-state index contributed by atoms with van der Waals surface area (Å²) >= 11 is 0. The Labute approximate surface area is 221 Å². The summed E-state index contributed by atoms with van der Waals surface area (Å²) < 4.78 is 1.70. The zero-order valence-electron chi connectivity index (χ0n) is 21.7. The van der Waals surface area contributed by atoms with Gasteiger partial charge in [0.25, 0.3) is 0 Å². The molecule has 1 aliphatic rings. The summed E-state index contributed by atoms with van der Waals surface area (Å²) in [5.41, 5.74) is 5.94. The van der Waals surface area contributed by atoms with Crippen LogP contribution in [0.3, 0.4) is 0 Å². The maximum atomic E-state index is 13.7. The Morgan fingerprint density at radius 2 is 1.84 bits per heavy atom. The molecule has 196 valence electrons. The van der Waals surface area contributed by atoms with Gasteiger partial charge in [-0.3, -0.25) is 24.2 Å². The minimum Gasteiger partial charge on any atom is -0.396 e. The number of carbonyl (C=O) groups is 2. The summed E-state index contributed by atoms with van der Waals surface area (Å²) in [5.74, 6) is -0.116. The Hall–Kier alpha value is -4.11. The molecule has 4 aromatic rings. The second kappa shape index (κ2) is 11.1. The number of amides is 2. The van der Waals surface area contributed by atoms with Gasteiger partial charge in [0.05, 0.1) is 16.7 Å². The quantitative estimate of drug-likeness (QED) is 0.338. The van der Waals surface area contributed by atoms with Crippen LogP contribution in [0.15, 0.2) is 60.9 Å². The molecule has 0 radical (unpaired) electrons. The van der Waals surface area contributed by atoms with Crippen LogP contribution in [0.5, 0.6) is 0 Å². The predicted octanol–water partition coefficient (Wildman–Crippen LogP) is 2.94. The average Bonchev–Trinajstić information content (AvgIpc) is 3.74. The zero-order valence-corrected chi connectivity index (χ0v) is 21.7. The van der Waals surface area contributed by atoms with Crippen molar-refractivity contribution in [1.82, 2.24) is 25.1 Å². The molecule has 0 saturated heterocycles. The van der Waals surface area contributed by atoms with Gasteiger partial charge < -0.3 is 15.3 Å². The van der Waals surface area contributed by atoms with Crippen LogP contribution in [0.1, 0.15) is 41.3 Å². The van der Waals surface area contributed by atoms with E-state index in [2.05, 4.69) is 15.3 Å². The average molecular weight is 513 g/mol. The lowest BCUT2D eigenvalue weighted by atomic mass is 10.0. The highest BCUT2D eigenvalue weighted by Gasteiger charge is 2.31. The van der Waals surface area contributed by atoms with Gasteiger partial charge in [0.15, 0.2) is 0 Å². The number of likely N-dealkylation sites (N-methyl/N-ethyl adjacent to an activating group) is 1. The van der Waals surface area contributed by atoms with E-state index in [0.29, 0.717) is 30.0 Å². The van der Waals surface area contributed by atoms with E-state index < -0.39 is 6.04 Å². The van der Waals surface area contributed by atoms with Crippen LogP contribution >= 0.6 is 0 Å². The van der Waals surface area contributed by atoms with Crippen molar-refractivity contribution < 1.29 is 14.7 Å². The smallest absolute Gasteiger partial charge is 0.249 e. The topological polar surface area (TPSA) is 113 Å². The van der Waals surface area contributed by atoms with Crippen molar-refractivity contribution in [2.45, 2.75) is 51.1 Å². The lowest BCUT2D eigenvalue weighted by molar-refractivity contribution is -0.127. The van der Waals surface area contributed by atoms with Gasteiger partial charge in [0.1, 0.15) is 12.6 Å². The van der Waals surface area contributed by atoms with Crippen LogP contribution in [0.25, 0.3) is 11.0 Å². The van der Waals surface area contributed by atoms with Crippen molar-refractivity contribution in [3.8, 4) is 0 Å². The molecule has 2 heterocycles. The lowest BCUT2D eigenvalue weighted by Crippen LogP contribution is -2.49. The summed E-state index contributed by atoms with van der Waals surface area (Å²) in [6.45, 7) is 1.98. The first-order valence-corrected chi connectivity index (χ1v) is 12.9. The molecule has 2 aromatic carbocycles. The van der Waals surface area contributed by atoms with Crippen LogP contribution in [-0.2, 0) is 29.0 Å². The van der Waals surface area contributed by atoms with E-state index in [-0.39, 0.29) is 25.0 Å². The van der Waals surface area contributed by atoms with Gasteiger partial charge in [0.2, 0.25) is 11.8 Å². The number of benzene rings is 2. The summed E-state index contributed by atoms with van der Waals surface area (Å²) in [4.78, 5) is 37.1. The molecule has 1 atom stereocenters. The molecule has 38 heavy (non-hydrogen) atoms. The second-order valence-corrected chi connectivity index (χ2v) is 9.79. The first-order chi connectivity index (χ1) is 18.4. The molecule has 0 spiro atoms. The minimum atomic E-state index is -0.775. The van der Waals surface area contributed by atoms with E-state index in [1.54, 1.807) is 29.0 Å². The number of hydrogen-bond donors (Lipinski definition) is 2. The summed E-state index contributed by atoms with van der Waals surface area (Å²) in [7, 11) is 1.70. The second-order valence-electron chi connectivity index (χ2n) is 9.79. The molecule has 1 aliphatic carbocycles. The van der Waals surface area contributed by atoms with Crippen molar-refractivity contribution in [2.24, 2.45) is 0 Å². The van der Waals surface area contributed by atoms with Crippen molar-refractivity contribution in [3.05, 3.63) is 83.4 Å². The molecule has 1 fully saturated rings. The Morgan fingerprint density at radius 3 is 2.55 bits per heavy atom. The van der Waals surface area contributed by atoms with Crippen LogP contribution < -0.4 is 10.2 Å². The molecule has 2 N–H and O–H groups in total. The minimum absolute atomic E-state index is 0.00479. The zero-order chi connectivity index (χ0) is 26.6. The Balaban J connectivity index is 1.36. The van der Waals surface area contributed by atoms with Crippen molar-refractivity contribution >= 4 is 28.5 Å². The highest BCUT2D eigenvalue weighted by Crippen LogP contribution is 2.41. The number of anilines is 1. The van der Waals surface area contributed by atoms with Gasteiger partial charge in [-0.1, -0.05) is 30.3 Å². The van der Waals surface area contributed by atoms with Crippen LogP contribution in [-0.4, -0.2) is 56.4 Å². The fraction of sp³-hybridized carbons (Fsp3) is 0.345. The Morgan fingerprint density at radius 1 is 1.11 bits per heavy atom. The number of aromatic nitrogens is 4. The molecule has 2 amide bonds. The number of aliphatic hydroxyl groups excluding tert-OH is 1. The van der Waals surface area contributed by atoms with Crippen molar-refractivity contribution in [1.29, 1.82) is 0 Å². The summed E-state index contributed by atoms with van der Waals surface area (Å²) in [6.07, 6.45) is 6.29. The summed E-state index contributed by atoms with van der Waals surface area (Å²) in [6, 6.07) is 14.3. The molecule has 0 aliphatic heterocycles. The van der Waals surface area contributed by atoms with E-state index in [0.717, 1.165) is 40.9 Å². The molecule has 2 aromatic heterocycles. The van der Waals surface area contributed by atoms with E-state index in [1.807, 2.05) is 55.5 Å². The highest BCUT2D eigenvalue weighted by atomic mass is 16.3. The van der Waals surface area contributed by atoms with Crippen LogP contribution in [0, 0.1) is 6.92 Å². The van der Waals surface area contributed by atoms with E-state index >= 15 is 0 Å². The molecule has 0 bridgehead atoms. The van der Waals surface area contributed by atoms with Gasteiger partial charge in [-0.15, -0.1) is 0 Å². The van der Waals surface area contributed by atoms with E-state index in [9.17, 15) is 14.7 Å². The predicted molar refractivity (Wildman–Crippen MR) is 145 cm³/mol. The van der Waals surface area contributed by atoms with Gasteiger partial charge in [-0.05, 0) is 55.5 Å². The van der Waals surface area contributed by atoms with Gasteiger partial charge in [-0.25, -0.2) is 0 Å². The molecule has 9 nitrogen and oxygen atoms in total. The highest BCUT2D eigenvalue weighted by molar-refractivity contribution is 6.00. The maximum Gasteiger partial charge on any atom is 0.249 e. The lowest BCUT2D eigenvalue weighted by Gasteiger charge is -2.25. The fourth-order valence-electron chi connectivity index (χ4n) is 4.81. The van der Waals surface area contributed by atoms with Crippen LogP contribution in [0.2, 0.25) is 0 Å². The number of hydrogen-bond acceptors (Lipinski definition) is 6. The third kappa shape index (κ3) is 5.57.